The first kappa shape index (κ1) is 11.0. The molecule has 0 aromatic heterocycles. The number of anilines is 1. The van der Waals surface area contributed by atoms with Crippen LogP contribution < -0.4 is 11.1 Å². The standard InChI is InChI=1S/C11H9N3O3/c12-11(17)13-5-7-9(15)6-3-1-2-4-8(6)14-10(7)16/h1-5,7H,(H2,12,17)(H,14,16)/b13-5+/t7-/m0/s1. The molecule has 1 aliphatic rings. The number of Topliss-reactive ketones (excluding diaryl/α,β-unsaturated/α-hetero) is 1. The summed E-state index contributed by atoms with van der Waals surface area (Å²) in [5, 5.41) is 2.56. The number of fused-ring (bicyclic) bond motifs is 1. The highest BCUT2D eigenvalue weighted by Gasteiger charge is 2.32. The monoisotopic (exact) mass is 231 g/mol. The summed E-state index contributed by atoms with van der Waals surface area (Å²) in [6.45, 7) is 0. The first-order chi connectivity index (χ1) is 8.09. The molecule has 1 aromatic rings. The van der Waals surface area contributed by atoms with Crippen molar-refractivity contribution in [2.45, 2.75) is 0 Å². The number of aliphatic imine (C=N–C) groups is 1. The zero-order chi connectivity index (χ0) is 12.4. The van der Waals surface area contributed by atoms with Gasteiger partial charge in [-0.3, -0.25) is 9.59 Å². The Bertz CT molecular complexity index is 537. The molecule has 0 radical (unpaired) electrons. The molecule has 6 heteroatoms. The van der Waals surface area contributed by atoms with Crippen LogP contribution >= 0.6 is 0 Å². The predicted octanol–water partition coefficient (Wildman–Crippen LogP) is 0.587. The molecular formula is C11H9N3O3. The molecule has 1 atom stereocenters. The van der Waals surface area contributed by atoms with E-state index in [4.69, 9.17) is 5.73 Å². The van der Waals surface area contributed by atoms with E-state index < -0.39 is 23.6 Å². The van der Waals surface area contributed by atoms with Gasteiger partial charge in [-0.1, -0.05) is 12.1 Å². The van der Waals surface area contributed by atoms with Crippen molar-refractivity contribution >= 4 is 29.6 Å². The first-order valence-corrected chi connectivity index (χ1v) is 4.87. The number of hydrogen-bond acceptors (Lipinski definition) is 3. The zero-order valence-corrected chi connectivity index (χ0v) is 8.71. The minimum absolute atomic E-state index is 0.394. The third-order valence-corrected chi connectivity index (χ3v) is 2.37. The lowest BCUT2D eigenvalue weighted by molar-refractivity contribution is -0.117. The maximum absolute atomic E-state index is 11.9. The number of amides is 3. The van der Waals surface area contributed by atoms with Gasteiger partial charge in [0.25, 0.3) is 0 Å². The van der Waals surface area contributed by atoms with Crippen molar-refractivity contribution in [2.24, 2.45) is 16.6 Å². The molecule has 0 spiro atoms. The third kappa shape index (κ3) is 2.05. The highest BCUT2D eigenvalue weighted by atomic mass is 16.2. The highest BCUT2D eigenvalue weighted by Crippen LogP contribution is 2.24. The smallest absolute Gasteiger partial charge is 0.337 e. The normalized spacial score (nSPS) is 18.9. The summed E-state index contributed by atoms with van der Waals surface area (Å²) in [5.41, 5.74) is 5.68. The van der Waals surface area contributed by atoms with Crippen LogP contribution in [0.4, 0.5) is 10.5 Å². The van der Waals surface area contributed by atoms with E-state index in [9.17, 15) is 14.4 Å². The number of carbonyl (C=O) groups excluding carboxylic acids is 3. The van der Waals surface area contributed by atoms with E-state index >= 15 is 0 Å². The second-order valence-corrected chi connectivity index (χ2v) is 3.49. The van der Waals surface area contributed by atoms with Gasteiger partial charge in [-0.25, -0.2) is 9.79 Å². The number of nitrogens with two attached hydrogens (primary N) is 1. The Kier molecular flexibility index (Phi) is 2.70. The molecule has 86 valence electrons. The second kappa shape index (κ2) is 4.17. The maximum Gasteiger partial charge on any atom is 0.337 e. The Labute approximate surface area is 96.5 Å². The number of benzene rings is 1. The largest absolute Gasteiger partial charge is 0.350 e. The van der Waals surface area contributed by atoms with Gasteiger partial charge >= 0.3 is 6.03 Å². The number of nitrogens with zero attached hydrogens (tertiary/aromatic N) is 1. The number of urea groups is 1. The fourth-order valence-electron chi connectivity index (χ4n) is 1.59. The summed E-state index contributed by atoms with van der Waals surface area (Å²) in [6.07, 6.45) is 0.968. The number of rotatable bonds is 1. The molecule has 0 saturated heterocycles. The number of nitrogens with one attached hydrogen (secondary N) is 1. The van der Waals surface area contributed by atoms with Crippen LogP contribution in [-0.4, -0.2) is 23.9 Å². The SMILES string of the molecule is NC(=O)/N=C/[C@@H]1C(=O)Nc2ccccc2C1=O. The fraction of sp³-hybridized carbons (Fsp3) is 0.0909. The number of carbonyl (C=O) groups is 3. The van der Waals surface area contributed by atoms with E-state index in [2.05, 4.69) is 10.3 Å². The molecule has 0 unspecified atom stereocenters. The summed E-state index contributed by atoms with van der Waals surface area (Å²) in [4.78, 5) is 37.3. The van der Waals surface area contributed by atoms with Gasteiger partial charge in [0.05, 0.1) is 5.69 Å². The van der Waals surface area contributed by atoms with E-state index in [-0.39, 0.29) is 0 Å². The fourth-order valence-corrected chi connectivity index (χ4v) is 1.59. The highest BCUT2D eigenvalue weighted by molar-refractivity contribution is 6.28. The first-order valence-electron chi connectivity index (χ1n) is 4.87. The average molecular weight is 231 g/mol. The summed E-state index contributed by atoms with van der Waals surface area (Å²) in [6, 6.07) is 5.69. The Morgan fingerprint density at radius 3 is 2.76 bits per heavy atom. The molecule has 1 heterocycles. The molecule has 1 aliphatic heterocycles. The lowest BCUT2D eigenvalue weighted by Crippen LogP contribution is -2.36. The van der Waals surface area contributed by atoms with E-state index in [1.807, 2.05) is 0 Å². The lowest BCUT2D eigenvalue weighted by atomic mass is 9.92. The van der Waals surface area contributed by atoms with Gasteiger partial charge < -0.3 is 11.1 Å². The van der Waals surface area contributed by atoms with Gasteiger partial charge in [0, 0.05) is 11.8 Å². The maximum atomic E-state index is 11.9. The number of hydrogen-bond donors (Lipinski definition) is 2. The van der Waals surface area contributed by atoms with Crippen LogP contribution in [-0.2, 0) is 4.79 Å². The zero-order valence-electron chi connectivity index (χ0n) is 8.71. The Morgan fingerprint density at radius 1 is 1.35 bits per heavy atom. The lowest BCUT2D eigenvalue weighted by Gasteiger charge is -2.20. The van der Waals surface area contributed by atoms with Gasteiger partial charge in [-0.05, 0) is 12.1 Å². The van der Waals surface area contributed by atoms with Crippen LogP contribution in [0.1, 0.15) is 10.4 Å². The van der Waals surface area contributed by atoms with Gasteiger partial charge in [-0.15, -0.1) is 0 Å². The summed E-state index contributed by atoms with van der Waals surface area (Å²) >= 11 is 0. The molecule has 0 saturated carbocycles. The van der Waals surface area contributed by atoms with E-state index in [1.165, 1.54) is 0 Å². The molecule has 3 amide bonds. The molecule has 2 rings (SSSR count). The topological polar surface area (TPSA) is 102 Å². The van der Waals surface area contributed by atoms with Crippen LogP contribution in [0, 0.1) is 5.92 Å². The van der Waals surface area contributed by atoms with Gasteiger partial charge in [0.1, 0.15) is 5.92 Å². The van der Waals surface area contributed by atoms with E-state index in [0.717, 1.165) is 6.21 Å². The Balaban J connectivity index is 2.37. The number of ketones is 1. The van der Waals surface area contributed by atoms with Crippen LogP contribution in [0.25, 0.3) is 0 Å². The molecule has 6 nitrogen and oxygen atoms in total. The molecule has 0 bridgehead atoms. The quantitative estimate of drug-likeness (QED) is 0.546. The van der Waals surface area contributed by atoms with Crippen LogP contribution in [0.5, 0.6) is 0 Å². The minimum Gasteiger partial charge on any atom is -0.350 e. The Morgan fingerprint density at radius 2 is 2.06 bits per heavy atom. The average Bonchev–Trinajstić information content (AvgIpc) is 2.28. The number of primary amides is 1. The minimum atomic E-state index is -1.10. The van der Waals surface area contributed by atoms with Crippen molar-refractivity contribution in [1.82, 2.24) is 0 Å². The van der Waals surface area contributed by atoms with Crippen molar-refractivity contribution in [3.05, 3.63) is 29.8 Å². The van der Waals surface area contributed by atoms with Crippen LogP contribution in [0.15, 0.2) is 29.3 Å². The Hall–Kier alpha value is -2.50. The summed E-state index contributed by atoms with van der Waals surface area (Å²) in [7, 11) is 0. The molecule has 3 N–H and O–H groups in total. The van der Waals surface area contributed by atoms with Crippen molar-refractivity contribution in [1.29, 1.82) is 0 Å². The van der Waals surface area contributed by atoms with Crippen molar-refractivity contribution in [2.75, 3.05) is 5.32 Å². The van der Waals surface area contributed by atoms with Gasteiger partial charge in [-0.2, -0.15) is 0 Å². The van der Waals surface area contributed by atoms with Crippen LogP contribution in [0.3, 0.4) is 0 Å². The van der Waals surface area contributed by atoms with Crippen LogP contribution in [0.2, 0.25) is 0 Å². The summed E-state index contributed by atoms with van der Waals surface area (Å²) in [5.74, 6) is -2.01. The third-order valence-electron chi connectivity index (χ3n) is 2.37. The van der Waals surface area contributed by atoms with Gasteiger partial charge in [0.2, 0.25) is 5.91 Å². The second-order valence-electron chi connectivity index (χ2n) is 3.49. The molecule has 17 heavy (non-hydrogen) atoms. The molecule has 0 aliphatic carbocycles. The van der Waals surface area contributed by atoms with Crippen molar-refractivity contribution in [3.63, 3.8) is 0 Å². The number of para-hydroxylation sites is 1. The molecule has 0 fully saturated rings. The van der Waals surface area contributed by atoms with E-state index in [1.54, 1.807) is 24.3 Å². The van der Waals surface area contributed by atoms with Crippen molar-refractivity contribution in [3.8, 4) is 0 Å². The molecule has 1 aromatic carbocycles. The summed E-state index contributed by atoms with van der Waals surface area (Å²) < 4.78 is 0. The van der Waals surface area contributed by atoms with Crippen molar-refractivity contribution < 1.29 is 14.4 Å². The predicted molar refractivity (Wildman–Crippen MR) is 61.0 cm³/mol. The van der Waals surface area contributed by atoms with E-state index in [0.29, 0.717) is 11.3 Å². The molecular weight excluding hydrogens is 222 g/mol. The van der Waals surface area contributed by atoms with Gasteiger partial charge in [0.15, 0.2) is 5.78 Å².